The third-order valence-electron chi connectivity index (χ3n) is 3.17. The first-order valence-corrected chi connectivity index (χ1v) is 7.76. The van der Waals surface area contributed by atoms with Crippen molar-refractivity contribution in [3.63, 3.8) is 0 Å². The van der Waals surface area contributed by atoms with Gasteiger partial charge in [0.15, 0.2) is 5.09 Å². The van der Waals surface area contributed by atoms with E-state index < -0.39 is 0 Å². The van der Waals surface area contributed by atoms with Crippen molar-refractivity contribution in [3.05, 3.63) is 59.7 Å². The molecule has 2 aromatic carbocycles. The molecular formula is C18H14O2S. The lowest BCUT2D eigenvalue weighted by molar-refractivity contribution is 0.415. The Morgan fingerprint density at radius 2 is 1.76 bits per heavy atom. The predicted octanol–water partition coefficient (Wildman–Crippen LogP) is 4.56. The number of furan rings is 1. The van der Waals surface area contributed by atoms with Gasteiger partial charge in [-0.2, -0.15) is 0 Å². The summed E-state index contributed by atoms with van der Waals surface area (Å²) < 4.78 is 11.0. The van der Waals surface area contributed by atoms with Gasteiger partial charge in [-0.1, -0.05) is 35.7 Å². The van der Waals surface area contributed by atoms with Crippen molar-refractivity contribution in [1.29, 1.82) is 0 Å². The van der Waals surface area contributed by atoms with Crippen LogP contribution in [0.2, 0.25) is 0 Å². The average Bonchev–Trinajstić information content (AvgIpc) is 2.91. The third kappa shape index (κ3) is 2.76. The zero-order chi connectivity index (χ0) is 14.7. The molecule has 1 heterocycles. The second-order valence-corrected chi connectivity index (χ2v) is 5.22. The molecule has 3 heteroatoms. The molecule has 0 fully saturated rings. The molecule has 0 bridgehead atoms. The normalized spacial score (nSPS) is 10.2. The second kappa shape index (κ2) is 5.99. The minimum Gasteiger partial charge on any atom is -0.497 e. The van der Waals surface area contributed by atoms with Gasteiger partial charge in [0.05, 0.1) is 12.7 Å². The van der Waals surface area contributed by atoms with Crippen molar-refractivity contribution in [3.8, 4) is 17.6 Å². The van der Waals surface area contributed by atoms with Gasteiger partial charge in [0.1, 0.15) is 11.3 Å². The smallest absolute Gasteiger partial charge is 0.176 e. The van der Waals surface area contributed by atoms with E-state index in [0.29, 0.717) is 0 Å². The van der Waals surface area contributed by atoms with E-state index in [-0.39, 0.29) is 0 Å². The number of thioether (sulfide) groups is 1. The van der Waals surface area contributed by atoms with E-state index in [2.05, 4.69) is 11.8 Å². The van der Waals surface area contributed by atoms with Crippen LogP contribution in [-0.2, 0) is 0 Å². The van der Waals surface area contributed by atoms with E-state index >= 15 is 0 Å². The molecule has 0 aliphatic rings. The highest BCUT2D eigenvalue weighted by atomic mass is 32.2. The van der Waals surface area contributed by atoms with Crippen molar-refractivity contribution in [2.24, 2.45) is 0 Å². The van der Waals surface area contributed by atoms with E-state index in [1.807, 2.05) is 54.8 Å². The molecule has 104 valence electrons. The number of rotatable bonds is 2. The number of hydrogen-bond donors (Lipinski definition) is 0. The highest BCUT2D eigenvalue weighted by molar-refractivity contribution is 7.98. The molecular weight excluding hydrogens is 280 g/mol. The minimum atomic E-state index is 0.833. The van der Waals surface area contributed by atoms with Gasteiger partial charge in [-0.3, -0.25) is 0 Å². The fraction of sp³-hybridized carbons (Fsp3) is 0.111. The Balaban J connectivity index is 2.03. The first kappa shape index (κ1) is 13.7. The number of hydrogen-bond acceptors (Lipinski definition) is 3. The summed E-state index contributed by atoms with van der Waals surface area (Å²) in [6, 6.07) is 15.7. The summed E-state index contributed by atoms with van der Waals surface area (Å²) in [5, 5.41) is 1.92. The number of methoxy groups -OCH3 is 1. The summed E-state index contributed by atoms with van der Waals surface area (Å²) in [5.41, 5.74) is 2.78. The number of benzene rings is 2. The largest absolute Gasteiger partial charge is 0.497 e. The zero-order valence-corrected chi connectivity index (χ0v) is 12.7. The Labute approximate surface area is 128 Å². The zero-order valence-electron chi connectivity index (χ0n) is 11.8. The second-order valence-electron chi connectivity index (χ2n) is 4.44. The Morgan fingerprint density at radius 1 is 1.00 bits per heavy atom. The highest BCUT2D eigenvalue weighted by Crippen LogP contribution is 2.31. The van der Waals surface area contributed by atoms with Crippen LogP contribution in [0.15, 0.2) is 58.0 Å². The monoisotopic (exact) mass is 294 g/mol. The van der Waals surface area contributed by atoms with Gasteiger partial charge in [-0.05, 0) is 42.7 Å². The molecule has 0 aliphatic heterocycles. The van der Waals surface area contributed by atoms with Gasteiger partial charge in [0.2, 0.25) is 0 Å². The Morgan fingerprint density at radius 3 is 2.48 bits per heavy atom. The molecule has 1 aromatic heterocycles. The topological polar surface area (TPSA) is 22.4 Å². The molecule has 0 aliphatic carbocycles. The molecule has 0 amide bonds. The van der Waals surface area contributed by atoms with Crippen LogP contribution >= 0.6 is 11.8 Å². The maximum absolute atomic E-state index is 5.81. The summed E-state index contributed by atoms with van der Waals surface area (Å²) in [4.78, 5) is 0. The van der Waals surface area contributed by atoms with E-state index in [0.717, 1.165) is 32.9 Å². The van der Waals surface area contributed by atoms with Crippen LogP contribution in [-0.4, -0.2) is 13.4 Å². The van der Waals surface area contributed by atoms with E-state index in [4.69, 9.17) is 9.15 Å². The van der Waals surface area contributed by atoms with Crippen LogP contribution in [0.4, 0.5) is 0 Å². The Kier molecular flexibility index (Phi) is 3.89. The molecule has 0 atom stereocenters. The van der Waals surface area contributed by atoms with Gasteiger partial charge in [-0.25, -0.2) is 0 Å². The summed E-state index contributed by atoms with van der Waals surface area (Å²) in [5.74, 6) is 7.25. The van der Waals surface area contributed by atoms with Gasteiger partial charge in [0.25, 0.3) is 0 Å². The van der Waals surface area contributed by atoms with Crippen LogP contribution in [0.5, 0.6) is 5.75 Å². The van der Waals surface area contributed by atoms with Crippen molar-refractivity contribution < 1.29 is 9.15 Å². The van der Waals surface area contributed by atoms with Gasteiger partial charge >= 0.3 is 0 Å². The average molecular weight is 294 g/mol. The van der Waals surface area contributed by atoms with Crippen LogP contribution in [0.3, 0.4) is 0 Å². The standard InChI is InChI=1S/C18H14O2S/c1-19-14-10-7-13(8-11-14)9-12-16-15-5-3-4-6-17(15)20-18(16)21-2/h3-8,10-11H,1-2H3. The SMILES string of the molecule is COc1ccc(C#Cc2c(SC)oc3ccccc23)cc1. The molecule has 0 N–H and O–H groups in total. The van der Waals surface area contributed by atoms with Crippen molar-refractivity contribution in [1.82, 2.24) is 0 Å². The van der Waals surface area contributed by atoms with Crippen molar-refractivity contribution in [2.75, 3.05) is 13.4 Å². The molecule has 0 radical (unpaired) electrons. The first-order valence-electron chi connectivity index (χ1n) is 6.53. The summed E-state index contributed by atoms with van der Waals surface area (Å²) in [7, 11) is 1.66. The number of ether oxygens (including phenoxy) is 1. The lowest BCUT2D eigenvalue weighted by Gasteiger charge is -1.97. The number of fused-ring (bicyclic) bond motifs is 1. The lowest BCUT2D eigenvalue weighted by atomic mass is 10.1. The van der Waals surface area contributed by atoms with E-state index in [1.165, 1.54) is 0 Å². The van der Waals surface area contributed by atoms with Crippen molar-refractivity contribution in [2.45, 2.75) is 5.09 Å². The molecule has 2 nitrogen and oxygen atoms in total. The fourth-order valence-corrected chi connectivity index (χ4v) is 2.63. The predicted molar refractivity (Wildman–Crippen MR) is 87.0 cm³/mol. The molecule has 0 spiro atoms. The highest BCUT2D eigenvalue weighted by Gasteiger charge is 2.10. The summed E-state index contributed by atoms with van der Waals surface area (Å²) in [6.07, 6.45) is 2.00. The quantitative estimate of drug-likeness (QED) is 0.511. The van der Waals surface area contributed by atoms with Crippen LogP contribution < -0.4 is 4.74 Å². The van der Waals surface area contributed by atoms with Crippen LogP contribution in [0, 0.1) is 11.8 Å². The summed E-state index contributed by atoms with van der Waals surface area (Å²) in [6.45, 7) is 0. The molecule has 0 unspecified atom stereocenters. The van der Waals surface area contributed by atoms with E-state index in [9.17, 15) is 0 Å². The minimum absolute atomic E-state index is 0.833. The maximum atomic E-state index is 5.81. The Bertz CT molecular complexity index is 820. The molecule has 3 aromatic rings. The Hall–Kier alpha value is -2.31. The fourth-order valence-electron chi connectivity index (χ4n) is 2.09. The molecule has 3 rings (SSSR count). The molecule has 0 saturated carbocycles. The van der Waals surface area contributed by atoms with Gasteiger partial charge in [0, 0.05) is 10.9 Å². The van der Waals surface area contributed by atoms with E-state index in [1.54, 1.807) is 18.9 Å². The van der Waals surface area contributed by atoms with Crippen LogP contribution in [0.1, 0.15) is 11.1 Å². The number of para-hydroxylation sites is 1. The van der Waals surface area contributed by atoms with Crippen molar-refractivity contribution >= 4 is 22.7 Å². The molecule has 21 heavy (non-hydrogen) atoms. The van der Waals surface area contributed by atoms with Gasteiger partial charge in [-0.15, -0.1) is 0 Å². The molecule has 0 saturated heterocycles. The summed E-state index contributed by atoms with van der Waals surface area (Å²) >= 11 is 1.57. The first-order chi connectivity index (χ1) is 10.3. The van der Waals surface area contributed by atoms with Gasteiger partial charge < -0.3 is 9.15 Å². The third-order valence-corrected chi connectivity index (χ3v) is 3.83. The maximum Gasteiger partial charge on any atom is 0.176 e. The lowest BCUT2D eigenvalue weighted by Crippen LogP contribution is -1.82. The van der Waals surface area contributed by atoms with Crippen LogP contribution in [0.25, 0.3) is 11.0 Å².